The number of hydrogen-bond donors (Lipinski definition) is 1. The van der Waals surface area contributed by atoms with E-state index in [1.54, 1.807) is 11.8 Å². The van der Waals surface area contributed by atoms with Gasteiger partial charge >= 0.3 is 0 Å². The molecule has 3 rings (SSSR count). The van der Waals surface area contributed by atoms with Gasteiger partial charge in [0.2, 0.25) is 0 Å². The number of likely N-dealkylation sites (N-methyl/N-ethyl adjacent to an activating group) is 1. The Morgan fingerprint density at radius 3 is 2.17 bits per heavy atom. The van der Waals surface area contributed by atoms with Gasteiger partial charge in [-0.05, 0) is 49.1 Å². The number of hydrogen-bond acceptors (Lipinski definition) is 4. The number of benzene rings is 3. The molecule has 0 saturated heterocycles. The van der Waals surface area contributed by atoms with Crippen molar-refractivity contribution in [2.24, 2.45) is 0 Å². The first-order valence-corrected chi connectivity index (χ1v) is 11.5. The summed E-state index contributed by atoms with van der Waals surface area (Å²) in [7, 11) is 2.03. The van der Waals surface area contributed by atoms with E-state index in [4.69, 9.17) is 4.74 Å². The minimum absolute atomic E-state index is 0.189. The van der Waals surface area contributed by atoms with Crippen LogP contribution in [-0.4, -0.2) is 42.6 Å². The Kier molecular flexibility index (Phi) is 8.52. The summed E-state index contributed by atoms with van der Waals surface area (Å²) in [5, 5.41) is 10.6. The van der Waals surface area contributed by atoms with Crippen LogP contribution in [0.5, 0.6) is 0 Å². The molecule has 3 nitrogen and oxygen atoms in total. The lowest BCUT2D eigenvalue weighted by molar-refractivity contribution is -0.00626. The molecular formula is C26H31NO2S. The van der Waals surface area contributed by atoms with Gasteiger partial charge in [-0.1, -0.05) is 72.3 Å². The zero-order chi connectivity index (χ0) is 21.3. The summed E-state index contributed by atoms with van der Waals surface area (Å²) in [5.74, 6) is 0. The second-order valence-corrected chi connectivity index (χ2v) is 8.61. The molecule has 0 amide bonds. The lowest BCUT2D eigenvalue weighted by Gasteiger charge is -2.24. The van der Waals surface area contributed by atoms with Crippen LogP contribution in [0.15, 0.2) is 83.8 Å². The van der Waals surface area contributed by atoms with E-state index in [9.17, 15) is 5.11 Å². The van der Waals surface area contributed by atoms with Crippen LogP contribution in [0.3, 0.4) is 0 Å². The highest BCUT2D eigenvalue weighted by molar-refractivity contribution is 7.98. The molecule has 0 spiro atoms. The van der Waals surface area contributed by atoms with Gasteiger partial charge in [-0.15, -0.1) is 11.8 Å². The largest absolute Gasteiger partial charge is 0.389 e. The molecule has 0 bridgehead atoms. The molecule has 0 aliphatic carbocycles. The predicted octanol–water partition coefficient (Wildman–Crippen LogP) is 5.32. The molecule has 2 unspecified atom stereocenters. The number of thioether (sulfide) groups is 1. The van der Waals surface area contributed by atoms with Crippen molar-refractivity contribution >= 4 is 11.8 Å². The third-order valence-corrected chi connectivity index (χ3v) is 5.82. The Labute approximate surface area is 184 Å². The van der Waals surface area contributed by atoms with E-state index in [-0.39, 0.29) is 12.7 Å². The lowest BCUT2D eigenvalue weighted by Crippen LogP contribution is -2.32. The maximum absolute atomic E-state index is 10.6. The SMILES string of the molecule is CSc1ccc(CN(C)CC(O)COC(c2ccccc2)c2ccc(C)cc2)cc1. The van der Waals surface area contributed by atoms with Crippen molar-refractivity contribution in [3.05, 3.63) is 101 Å². The van der Waals surface area contributed by atoms with E-state index in [1.807, 2.05) is 25.2 Å². The molecule has 0 aromatic heterocycles. The maximum Gasteiger partial charge on any atom is 0.108 e. The summed E-state index contributed by atoms with van der Waals surface area (Å²) in [6.45, 7) is 3.71. The molecule has 30 heavy (non-hydrogen) atoms. The molecule has 3 aromatic carbocycles. The van der Waals surface area contributed by atoms with Crippen LogP contribution < -0.4 is 0 Å². The quantitative estimate of drug-likeness (QED) is 0.449. The van der Waals surface area contributed by atoms with Crippen LogP contribution in [0.4, 0.5) is 0 Å². The molecular weight excluding hydrogens is 390 g/mol. The van der Waals surface area contributed by atoms with Gasteiger partial charge in [0.05, 0.1) is 12.7 Å². The van der Waals surface area contributed by atoms with E-state index in [2.05, 4.69) is 78.7 Å². The fraction of sp³-hybridized carbons (Fsp3) is 0.308. The number of aliphatic hydroxyl groups is 1. The predicted molar refractivity (Wildman–Crippen MR) is 126 cm³/mol. The third-order valence-electron chi connectivity index (χ3n) is 5.07. The zero-order valence-corrected chi connectivity index (χ0v) is 18.8. The Morgan fingerprint density at radius 1 is 0.900 bits per heavy atom. The van der Waals surface area contributed by atoms with Gasteiger partial charge in [-0.25, -0.2) is 0 Å². The number of ether oxygens (including phenoxy) is 1. The Balaban J connectivity index is 1.58. The van der Waals surface area contributed by atoms with E-state index in [0.717, 1.165) is 17.7 Å². The van der Waals surface area contributed by atoms with Gasteiger partial charge in [0.1, 0.15) is 6.10 Å². The summed E-state index contributed by atoms with van der Waals surface area (Å²) < 4.78 is 6.22. The van der Waals surface area contributed by atoms with E-state index < -0.39 is 6.10 Å². The van der Waals surface area contributed by atoms with Gasteiger partial charge in [-0.3, -0.25) is 4.90 Å². The van der Waals surface area contributed by atoms with Crippen LogP contribution in [0, 0.1) is 6.92 Å². The van der Waals surface area contributed by atoms with Crippen molar-refractivity contribution in [2.75, 3.05) is 26.5 Å². The maximum atomic E-state index is 10.6. The van der Waals surface area contributed by atoms with Crippen LogP contribution in [0.25, 0.3) is 0 Å². The highest BCUT2D eigenvalue weighted by Crippen LogP contribution is 2.26. The molecule has 158 valence electrons. The zero-order valence-electron chi connectivity index (χ0n) is 18.0. The second kappa shape index (κ2) is 11.3. The van der Waals surface area contributed by atoms with Gasteiger partial charge < -0.3 is 9.84 Å². The van der Waals surface area contributed by atoms with Crippen LogP contribution in [-0.2, 0) is 11.3 Å². The summed E-state index contributed by atoms with van der Waals surface area (Å²) in [6.07, 6.45) is 1.33. The minimum Gasteiger partial charge on any atom is -0.389 e. The lowest BCUT2D eigenvalue weighted by atomic mass is 10.0. The normalized spacial score (nSPS) is 13.4. The molecule has 0 aliphatic heterocycles. The fourth-order valence-corrected chi connectivity index (χ4v) is 3.89. The van der Waals surface area contributed by atoms with Crippen molar-refractivity contribution in [1.29, 1.82) is 0 Å². The first-order valence-electron chi connectivity index (χ1n) is 10.3. The molecule has 0 heterocycles. The van der Waals surface area contributed by atoms with Gasteiger partial charge in [0.15, 0.2) is 0 Å². The number of aryl methyl sites for hydroxylation is 1. The van der Waals surface area contributed by atoms with E-state index >= 15 is 0 Å². The molecule has 0 radical (unpaired) electrons. The Bertz CT molecular complexity index is 881. The van der Waals surface area contributed by atoms with Gasteiger partial charge in [0, 0.05) is 18.0 Å². The topological polar surface area (TPSA) is 32.7 Å². The Hall–Kier alpha value is -2.11. The highest BCUT2D eigenvalue weighted by atomic mass is 32.2. The first kappa shape index (κ1) is 22.6. The van der Waals surface area contributed by atoms with Crippen LogP contribution in [0.1, 0.15) is 28.4 Å². The number of nitrogens with zero attached hydrogens (tertiary/aromatic N) is 1. The average molecular weight is 422 g/mol. The molecule has 0 fully saturated rings. The summed E-state index contributed by atoms with van der Waals surface area (Å²) in [5.41, 5.74) is 4.65. The van der Waals surface area contributed by atoms with Crippen LogP contribution >= 0.6 is 11.8 Å². The molecule has 1 N–H and O–H groups in total. The van der Waals surface area contributed by atoms with E-state index in [1.165, 1.54) is 16.0 Å². The van der Waals surface area contributed by atoms with Crippen molar-refractivity contribution in [3.63, 3.8) is 0 Å². The van der Waals surface area contributed by atoms with E-state index in [0.29, 0.717) is 6.54 Å². The molecule has 2 atom stereocenters. The van der Waals surface area contributed by atoms with Crippen LogP contribution in [0.2, 0.25) is 0 Å². The third kappa shape index (κ3) is 6.71. The van der Waals surface area contributed by atoms with Crippen molar-refractivity contribution in [3.8, 4) is 0 Å². The number of aliphatic hydroxyl groups excluding tert-OH is 1. The molecule has 0 saturated carbocycles. The smallest absolute Gasteiger partial charge is 0.108 e. The highest BCUT2D eigenvalue weighted by Gasteiger charge is 2.17. The molecule has 3 aromatic rings. The average Bonchev–Trinajstić information content (AvgIpc) is 2.76. The molecule has 0 aliphatic rings. The Morgan fingerprint density at radius 2 is 1.53 bits per heavy atom. The van der Waals surface area contributed by atoms with Gasteiger partial charge in [0.25, 0.3) is 0 Å². The first-order chi connectivity index (χ1) is 14.5. The van der Waals surface area contributed by atoms with Crippen molar-refractivity contribution < 1.29 is 9.84 Å². The fourth-order valence-electron chi connectivity index (χ4n) is 3.48. The monoisotopic (exact) mass is 421 g/mol. The second-order valence-electron chi connectivity index (χ2n) is 7.73. The summed E-state index contributed by atoms with van der Waals surface area (Å²) >= 11 is 1.74. The number of rotatable bonds is 10. The van der Waals surface area contributed by atoms with Crippen molar-refractivity contribution in [2.45, 2.75) is 30.6 Å². The standard InChI is InChI=1S/C26H31NO2S/c1-20-9-13-23(14-10-20)26(22-7-5-4-6-8-22)29-19-24(28)18-27(2)17-21-11-15-25(30-3)16-12-21/h4-16,24,26,28H,17-19H2,1-3H3. The van der Waals surface area contributed by atoms with Crippen molar-refractivity contribution in [1.82, 2.24) is 4.90 Å². The minimum atomic E-state index is -0.558. The summed E-state index contributed by atoms with van der Waals surface area (Å²) in [4.78, 5) is 3.39. The summed E-state index contributed by atoms with van der Waals surface area (Å²) in [6, 6.07) is 27.2. The molecule has 4 heteroatoms. The van der Waals surface area contributed by atoms with Gasteiger partial charge in [-0.2, -0.15) is 0 Å².